The second kappa shape index (κ2) is 5.64. The van der Waals surface area contributed by atoms with Gasteiger partial charge in [-0.15, -0.1) is 11.3 Å². The molecule has 0 spiro atoms. The van der Waals surface area contributed by atoms with E-state index in [1.54, 1.807) is 13.8 Å². The predicted octanol–water partition coefficient (Wildman–Crippen LogP) is 2.66. The molecule has 1 aromatic rings. The number of thiophene rings is 1. The number of carboxylic acid groups (broad SMARTS) is 1. The Morgan fingerprint density at radius 1 is 1.47 bits per heavy atom. The van der Waals surface area contributed by atoms with Crippen LogP contribution in [0.4, 0.5) is 0 Å². The van der Waals surface area contributed by atoms with E-state index in [2.05, 4.69) is 21.2 Å². The van der Waals surface area contributed by atoms with Gasteiger partial charge >= 0.3 is 5.97 Å². The van der Waals surface area contributed by atoms with Crippen molar-refractivity contribution in [3.63, 3.8) is 0 Å². The molecule has 0 aliphatic heterocycles. The number of carboxylic acids is 1. The first kappa shape index (κ1) is 14.2. The summed E-state index contributed by atoms with van der Waals surface area (Å²) in [7, 11) is 0. The molecule has 0 saturated carbocycles. The molecule has 0 aliphatic carbocycles. The van der Waals surface area contributed by atoms with Crippen molar-refractivity contribution in [2.75, 3.05) is 0 Å². The number of rotatable bonds is 4. The average Bonchev–Trinajstić information content (AvgIpc) is 2.55. The standard InChI is InChI=1S/C11H14BrNO3S/c1-5(2)8(11(15)16)13-10(14)9-7(12)6(3)4-17-9/h4-5,8H,1-3H3,(H,13,14)(H,15,16)/t8-/m1/s1. The molecular formula is C11H14BrNO3S. The minimum Gasteiger partial charge on any atom is -0.480 e. The fourth-order valence-electron chi connectivity index (χ4n) is 1.30. The molecule has 0 aromatic carbocycles. The van der Waals surface area contributed by atoms with Crippen molar-refractivity contribution in [1.82, 2.24) is 5.32 Å². The molecule has 1 aromatic heterocycles. The highest BCUT2D eigenvalue weighted by atomic mass is 79.9. The highest BCUT2D eigenvalue weighted by molar-refractivity contribution is 9.10. The number of carbonyl (C=O) groups excluding carboxylic acids is 1. The zero-order valence-corrected chi connectivity index (χ0v) is 12.2. The summed E-state index contributed by atoms with van der Waals surface area (Å²) in [6, 6.07) is -0.864. The van der Waals surface area contributed by atoms with Crippen LogP contribution in [0.1, 0.15) is 29.1 Å². The van der Waals surface area contributed by atoms with Crippen LogP contribution in [0.5, 0.6) is 0 Å². The first-order chi connectivity index (χ1) is 7.84. The quantitative estimate of drug-likeness (QED) is 0.896. The Balaban J connectivity index is 2.85. The van der Waals surface area contributed by atoms with E-state index in [1.807, 2.05) is 12.3 Å². The van der Waals surface area contributed by atoms with Gasteiger partial charge in [-0.05, 0) is 39.7 Å². The molecular weight excluding hydrogens is 306 g/mol. The van der Waals surface area contributed by atoms with Gasteiger partial charge in [0.15, 0.2) is 0 Å². The van der Waals surface area contributed by atoms with Crippen molar-refractivity contribution >= 4 is 39.1 Å². The first-order valence-corrected chi connectivity index (χ1v) is 6.79. The predicted molar refractivity (Wildman–Crippen MR) is 70.5 cm³/mol. The molecule has 2 N–H and O–H groups in total. The van der Waals surface area contributed by atoms with Crippen molar-refractivity contribution in [2.24, 2.45) is 5.92 Å². The van der Waals surface area contributed by atoms with Gasteiger partial charge in [0, 0.05) is 4.47 Å². The number of halogens is 1. The van der Waals surface area contributed by atoms with Crippen LogP contribution in [0.25, 0.3) is 0 Å². The Bertz CT molecular complexity index is 442. The van der Waals surface area contributed by atoms with Crippen LogP contribution in [0, 0.1) is 12.8 Å². The summed E-state index contributed by atoms with van der Waals surface area (Å²) in [5.41, 5.74) is 0.969. The number of hydrogen-bond acceptors (Lipinski definition) is 3. The van der Waals surface area contributed by atoms with Crippen LogP contribution < -0.4 is 5.32 Å². The van der Waals surface area contributed by atoms with Gasteiger partial charge < -0.3 is 10.4 Å². The van der Waals surface area contributed by atoms with E-state index in [9.17, 15) is 9.59 Å². The molecule has 1 amide bonds. The van der Waals surface area contributed by atoms with Gasteiger partial charge in [0.25, 0.3) is 5.91 Å². The molecule has 17 heavy (non-hydrogen) atoms. The highest BCUT2D eigenvalue weighted by Gasteiger charge is 2.25. The number of nitrogens with one attached hydrogen (secondary N) is 1. The smallest absolute Gasteiger partial charge is 0.326 e. The lowest BCUT2D eigenvalue weighted by atomic mass is 10.0. The van der Waals surface area contributed by atoms with Crippen LogP contribution in [0.15, 0.2) is 9.85 Å². The minimum atomic E-state index is -1.02. The summed E-state index contributed by atoms with van der Waals surface area (Å²) in [4.78, 5) is 23.4. The molecule has 4 nitrogen and oxygen atoms in total. The van der Waals surface area contributed by atoms with Gasteiger partial charge in [0.2, 0.25) is 0 Å². The van der Waals surface area contributed by atoms with E-state index in [4.69, 9.17) is 5.11 Å². The van der Waals surface area contributed by atoms with Crippen molar-refractivity contribution in [3.8, 4) is 0 Å². The third-order valence-electron chi connectivity index (χ3n) is 2.32. The van der Waals surface area contributed by atoms with E-state index in [0.29, 0.717) is 4.88 Å². The van der Waals surface area contributed by atoms with Crippen LogP contribution >= 0.6 is 27.3 Å². The van der Waals surface area contributed by atoms with E-state index in [-0.39, 0.29) is 11.8 Å². The maximum absolute atomic E-state index is 11.9. The Labute approximate surface area is 112 Å². The van der Waals surface area contributed by atoms with Gasteiger partial charge in [-0.3, -0.25) is 4.79 Å². The SMILES string of the molecule is Cc1csc(C(=O)N[C@@H](C(=O)O)C(C)C)c1Br. The highest BCUT2D eigenvalue weighted by Crippen LogP contribution is 2.27. The first-order valence-electron chi connectivity index (χ1n) is 5.11. The molecule has 0 radical (unpaired) electrons. The van der Waals surface area contributed by atoms with Gasteiger partial charge in [-0.1, -0.05) is 13.8 Å². The van der Waals surface area contributed by atoms with Gasteiger partial charge in [-0.25, -0.2) is 4.79 Å². The normalized spacial score (nSPS) is 12.5. The largest absolute Gasteiger partial charge is 0.480 e. The van der Waals surface area contributed by atoms with E-state index >= 15 is 0 Å². The summed E-state index contributed by atoms with van der Waals surface area (Å²) in [5, 5.41) is 13.4. The lowest BCUT2D eigenvalue weighted by Crippen LogP contribution is -2.44. The number of aryl methyl sites for hydroxylation is 1. The minimum absolute atomic E-state index is 0.156. The summed E-state index contributed by atoms with van der Waals surface area (Å²) < 4.78 is 0.730. The van der Waals surface area contributed by atoms with Crippen LogP contribution in [0.3, 0.4) is 0 Å². The Morgan fingerprint density at radius 2 is 2.06 bits per heavy atom. The lowest BCUT2D eigenvalue weighted by Gasteiger charge is -2.17. The monoisotopic (exact) mass is 319 g/mol. The number of carbonyl (C=O) groups is 2. The summed E-state index contributed by atoms with van der Waals surface area (Å²) in [6.45, 7) is 5.40. The van der Waals surface area contributed by atoms with Crippen molar-refractivity contribution < 1.29 is 14.7 Å². The lowest BCUT2D eigenvalue weighted by molar-refractivity contribution is -0.140. The van der Waals surface area contributed by atoms with Crippen LogP contribution in [-0.4, -0.2) is 23.0 Å². The van der Waals surface area contributed by atoms with E-state index in [1.165, 1.54) is 11.3 Å². The van der Waals surface area contributed by atoms with Gasteiger partial charge in [0.1, 0.15) is 10.9 Å². The van der Waals surface area contributed by atoms with E-state index in [0.717, 1.165) is 10.0 Å². The van der Waals surface area contributed by atoms with Crippen molar-refractivity contribution in [3.05, 3.63) is 20.3 Å². The van der Waals surface area contributed by atoms with E-state index < -0.39 is 12.0 Å². The van der Waals surface area contributed by atoms with Crippen LogP contribution in [0.2, 0.25) is 0 Å². The molecule has 0 aliphatic rings. The molecule has 0 fully saturated rings. The van der Waals surface area contributed by atoms with Crippen LogP contribution in [-0.2, 0) is 4.79 Å². The Morgan fingerprint density at radius 3 is 2.41 bits per heavy atom. The van der Waals surface area contributed by atoms with Gasteiger partial charge in [-0.2, -0.15) is 0 Å². The molecule has 6 heteroatoms. The van der Waals surface area contributed by atoms with Crippen molar-refractivity contribution in [1.29, 1.82) is 0 Å². The summed E-state index contributed by atoms with van der Waals surface area (Å²) in [6.07, 6.45) is 0. The number of hydrogen-bond donors (Lipinski definition) is 2. The zero-order valence-electron chi connectivity index (χ0n) is 9.78. The molecule has 0 saturated heterocycles. The summed E-state index contributed by atoms with van der Waals surface area (Å²) >= 11 is 4.61. The summed E-state index contributed by atoms with van der Waals surface area (Å²) in [5.74, 6) is -1.52. The van der Waals surface area contributed by atoms with Gasteiger partial charge in [0.05, 0.1) is 0 Å². The molecule has 0 bridgehead atoms. The molecule has 0 unspecified atom stereocenters. The average molecular weight is 320 g/mol. The fourth-order valence-corrected chi connectivity index (χ4v) is 2.87. The molecule has 94 valence electrons. The maximum atomic E-state index is 11.9. The number of aliphatic carboxylic acids is 1. The topological polar surface area (TPSA) is 66.4 Å². The maximum Gasteiger partial charge on any atom is 0.326 e. The third kappa shape index (κ3) is 3.29. The fraction of sp³-hybridized carbons (Fsp3) is 0.455. The number of amides is 1. The Hall–Kier alpha value is -0.880. The second-order valence-corrected chi connectivity index (χ2v) is 5.77. The molecule has 1 heterocycles. The zero-order chi connectivity index (χ0) is 13.2. The Kier molecular flexibility index (Phi) is 4.70. The third-order valence-corrected chi connectivity index (χ3v) is 4.71. The molecule has 1 atom stereocenters. The molecule has 1 rings (SSSR count). The van der Waals surface area contributed by atoms with Crippen molar-refractivity contribution in [2.45, 2.75) is 26.8 Å². The second-order valence-electron chi connectivity index (χ2n) is 4.10.